The lowest BCUT2D eigenvalue weighted by Gasteiger charge is -2.23. The molecule has 1 fully saturated rings. The average Bonchev–Trinajstić information content (AvgIpc) is 2.29. The molecule has 1 heterocycles. The lowest BCUT2D eigenvalue weighted by molar-refractivity contribution is -0.137. The van der Waals surface area contributed by atoms with Gasteiger partial charge in [-0.2, -0.15) is 13.2 Å². The van der Waals surface area contributed by atoms with Crippen LogP contribution < -0.4 is 5.30 Å². The minimum atomic E-state index is -4.32. The number of hydrogen-bond donors (Lipinski definition) is 0. The molecule has 0 bridgehead atoms. The van der Waals surface area contributed by atoms with Crippen LogP contribution in [0.5, 0.6) is 0 Å². The van der Waals surface area contributed by atoms with Crippen LogP contribution in [0.4, 0.5) is 13.2 Å². The van der Waals surface area contributed by atoms with E-state index in [0.717, 1.165) is 31.4 Å². The molecule has 0 aromatic heterocycles. The van der Waals surface area contributed by atoms with Crippen LogP contribution in [-0.2, 0) is 10.7 Å². The molecule has 0 atom stereocenters. The molecule has 5 heteroatoms. The Morgan fingerprint density at radius 3 is 1.94 bits per heavy atom. The zero-order valence-electron chi connectivity index (χ0n) is 9.33. The van der Waals surface area contributed by atoms with Crippen molar-refractivity contribution in [2.24, 2.45) is 0 Å². The molecular formula is C12H14F3OP. The minimum absolute atomic E-state index is 0.602. The zero-order chi connectivity index (χ0) is 12.5. The predicted octanol–water partition coefficient (Wildman–Crippen LogP) is 3.88. The molecule has 0 aliphatic carbocycles. The van der Waals surface area contributed by atoms with Gasteiger partial charge in [0.2, 0.25) is 0 Å². The Morgan fingerprint density at radius 2 is 1.47 bits per heavy atom. The maximum Gasteiger partial charge on any atom is 0.416 e. The first-order valence-corrected chi connectivity index (χ1v) is 7.75. The first-order chi connectivity index (χ1) is 7.92. The van der Waals surface area contributed by atoms with E-state index in [1.807, 2.05) is 0 Å². The van der Waals surface area contributed by atoms with E-state index in [2.05, 4.69) is 0 Å². The second kappa shape index (κ2) is 4.49. The maximum atomic E-state index is 12.5. The third-order valence-corrected chi connectivity index (χ3v) is 6.52. The fourth-order valence-corrected chi connectivity index (χ4v) is 5.10. The van der Waals surface area contributed by atoms with Crippen molar-refractivity contribution in [1.82, 2.24) is 0 Å². The molecule has 0 spiro atoms. The van der Waals surface area contributed by atoms with Gasteiger partial charge in [-0.1, -0.05) is 18.6 Å². The van der Waals surface area contributed by atoms with E-state index in [1.165, 1.54) is 12.1 Å². The highest BCUT2D eigenvalue weighted by Gasteiger charge is 2.32. The number of alkyl halides is 3. The maximum absolute atomic E-state index is 12.5. The Bertz CT molecular complexity index is 426. The Balaban J connectivity index is 2.26. The van der Waals surface area contributed by atoms with Gasteiger partial charge < -0.3 is 4.57 Å². The summed E-state index contributed by atoms with van der Waals surface area (Å²) in [4.78, 5) is 0. The third-order valence-electron chi connectivity index (χ3n) is 3.20. The normalized spacial score (nSPS) is 20.2. The summed E-state index contributed by atoms with van der Waals surface area (Å²) in [5.74, 6) is 0. The van der Waals surface area contributed by atoms with Gasteiger partial charge in [0.1, 0.15) is 7.14 Å². The van der Waals surface area contributed by atoms with Crippen molar-refractivity contribution in [2.45, 2.75) is 25.4 Å². The van der Waals surface area contributed by atoms with E-state index in [1.54, 1.807) is 0 Å². The molecule has 0 saturated carbocycles. The fraction of sp³-hybridized carbons (Fsp3) is 0.500. The summed E-state index contributed by atoms with van der Waals surface area (Å²) in [6, 6.07) is 4.83. The molecule has 0 radical (unpaired) electrons. The fourth-order valence-electron chi connectivity index (χ4n) is 2.20. The lowest BCUT2D eigenvalue weighted by atomic mass is 10.2. The molecule has 1 saturated heterocycles. The molecule has 1 aliphatic rings. The molecule has 1 nitrogen and oxygen atoms in total. The van der Waals surface area contributed by atoms with Gasteiger partial charge in [-0.3, -0.25) is 0 Å². The number of hydrogen-bond acceptors (Lipinski definition) is 1. The van der Waals surface area contributed by atoms with E-state index in [-0.39, 0.29) is 0 Å². The standard InChI is InChI=1S/C12H14F3OP/c13-12(14,15)10-4-6-11(7-5-10)17(16)8-2-1-3-9-17/h4-7H,1-3,8-9H2. The summed E-state index contributed by atoms with van der Waals surface area (Å²) in [5.41, 5.74) is -0.676. The summed E-state index contributed by atoms with van der Waals surface area (Å²) in [6.45, 7) is 0. The van der Waals surface area contributed by atoms with Crippen molar-refractivity contribution >= 4 is 12.4 Å². The zero-order valence-corrected chi connectivity index (χ0v) is 10.2. The molecule has 1 aromatic rings. The predicted molar refractivity (Wildman–Crippen MR) is 62.3 cm³/mol. The van der Waals surface area contributed by atoms with Gasteiger partial charge in [0, 0.05) is 17.6 Å². The first-order valence-electron chi connectivity index (χ1n) is 5.68. The molecule has 1 aromatic carbocycles. The largest absolute Gasteiger partial charge is 0.416 e. The van der Waals surface area contributed by atoms with Crippen LogP contribution in [0.1, 0.15) is 24.8 Å². The van der Waals surface area contributed by atoms with Gasteiger partial charge in [-0.05, 0) is 25.0 Å². The van der Waals surface area contributed by atoms with E-state index >= 15 is 0 Å². The highest BCUT2D eigenvalue weighted by atomic mass is 31.2. The van der Waals surface area contributed by atoms with Gasteiger partial charge in [0.15, 0.2) is 0 Å². The highest BCUT2D eigenvalue weighted by Crippen LogP contribution is 2.49. The van der Waals surface area contributed by atoms with Gasteiger partial charge in [0.25, 0.3) is 0 Å². The van der Waals surface area contributed by atoms with E-state index in [0.29, 0.717) is 17.6 Å². The Labute approximate surface area is 98.4 Å². The number of benzene rings is 1. The van der Waals surface area contributed by atoms with Crippen molar-refractivity contribution in [3.8, 4) is 0 Å². The second-order valence-electron chi connectivity index (χ2n) is 4.44. The Morgan fingerprint density at radius 1 is 0.941 bits per heavy atom. The SMILES string of the molecule is O=P1(c2ccc(C(F)(F)F)cc2)CCCCC1. The Hall–Kier alpha value is -0.760. The molecule has 94 valence electrons. The smallest absolute Gasteiger partial charge is 0.319 e. The van der Waals surface area contributed by atoms with E-state index < -0.39 is 18.9 Å². The van der Waals surface area contributed by atoms with Crippen LogP contribution in [0.15, 0.2) is 24.3 Å². The summed E-state index contributed by atoms with van der Waals surface area (Å²) < 4.78 is 49.7. The van der Waals surface area contributed by atoms with Crippen LogP contribution in [0.2, 0.25) is 0 Å². The topological polar surface area (TPSA) is 17.1 Å². The van der Waals surface area contributed by atoms with Crippen LogP contribution in [-0.4, -0.2) is 12.3 Å². The summed E-state index contributed by atoms with van der Waals surface area (Å²) in [6.07, 6.45) is -0.141. The first kappa shape index (κ1) is 12.7. The van der Waals surface area contributed by atoms with Crippen molar-refractivity contribution in [3.63, 3.8) is 0 Å². The summed E-state index contributed by atoms with van der Waals surface area (Å²) in [5, 5.41) is 0.602. The number of halogens is 3. The third kappa shape index (κ3) is 2.74. The highest BCUT2D eigenvalue weighted by molar-refractivity contribution is 7.71. The quantitative estimate of drug-likeness (QED) is 0.702. The second-order valence-corrected chi connectivity index (χ2v) is 7.63. The Kier molecular flexibility index (Phi) is 3.35. The van der Waals surface area contributed by atoms with E-state index in [9.17, 15) is 17.7 Å². The van der Waals surface area contributed by atoms with Gasteiger partial charge in [-0.15, -0.1) is 0 Å². The molecule has 0 amide bonds. The van der Waals surface area contributed by atoms with Crippen LogP contribution in [0, 0.1) is 0 Å². The van der Waals surface area contributed by atoms with Crippen LogP contribution in [0.25, 0.3) is 0 Å². The minimum Gasteiger partial charge on any atom is -0.319 e. The van der Waals surface area contributed by atoms with Crippen LogP contribution in [0.3, 0.4) is 0 Å². The molecular weight excluding hydrogens is 248 g/mol. The monoisotopic (exact) mass is 262 g/mol. The van der Waals surface area contributed by atoms with Crippen molar-refractivity contribution in [1.29, 1.82) is 0 Å². The lowest BCUT2D eigenvalue weighted by Crippen LogP contribution is -2.15. The van der Waals surface area contributed by atoms with Crippen molar-refractivity contribution in [3.05, 3.63) is 29.8 Å². The van der Waals surface area contributed by atoms with Crippen molar-refractivity contribution in [2.75, 3.05) is 12.3 Å². The van der Waals surface area contributed by atoms with Gasteiger partial charge in [-0.25, -0.2) is 0 Å². The molecule has 2 rings (SSSR count). The summed E-state index contributed by atoms with van der Waals surface area (Å²) in [7, 11) is -2.41. The molecule has 17 heavy (non-hydrogen) atoms. The van der Waals surface area contributed by atoms with Crippen molar-refractivity contribution < 1.29 is 17.7 Å². The molecule has 1 aliphatic heterocycles. The number of rotatable bonds is 1. The summed E-state index contributed by atoms with van der Waals surface area (Å²) >= 11 is 0. The van der Waals surface area contributed by atoms with Gasteiger partial charge >= 0.3 is 6.18 Å². The molecule has 0 unspecified atom stereocenters. The van der Waals surface area contributed by atoms with Gasteiger partial charge in [0.05, 0.1) is 5.56 Å². The average molecular weight is 262 g/mol. The van der Waals surface area contributed by atoms with Crippen LogP contribution >= 0.6 is 7.14 Å². The van der Waals surface area contributed by atoms with E-state index in [4.69, 9.17) is 0 Å². The molecule has 0 N–H and O–H groups in total.